The molecule has 1 aromatic carbocycles. The number of benzene rings is 1. The minimum absolute atomic E-state index is 0.191. The zero-order valence-electron chi connectivity index (χ0n) is 11.3. The Morgan fingerprint density at radius 1 is 1.42 bits per heavy atom. The number of amides is 2. The highest BCUT2D eigenvalue weighted by molar-refractivity contribution is 6.06. The lowest BCUT2D eigenvalue weighted by molar-refractivity contribution is 0.181. The van der Waals surface area contributed by atoms with E-state index in [0.29, 0.717) is 13.2 Å². The molecule has 2 N–H and O–H groups in total. The Balaban J connectivity index is 2.38. The average molecular weight is 261 g/mol. The third-order valence-electron chi connectivity index (χ3n) is 3.20. The predicted octanol–water partition coefficient (Wildman–Crippen LogP) is 2.29. The van der Waals surface area contributed by atoms with Gasteiger partial charge in [0, 0.05) is 13.7 Å². The molecule has 0 radical (unpaired) electrons. The van der Waals surface area contributed by atoms with E-state index in [9.17, 15) is 4.79 Å². The van der Waals surface area contributed by atoms with E-state index in [0.717, 1.165) is 17.5 Å². The van der Waals surface area contributed by atoms with Crippen LogP contribution in [0.25, 0.3) is 0 Å². The van der Waals surface area contributed by atoms with Crippen molar-refractivity contribution < 1.29 is 9.53 Å². The maximum absolute atomic E-state index is 11.9. The van der Waals surface area contributed by atoms with Crippen LogP contribution in [0.2, 0.25) is 0 Å². The van der Waals surface area contributed by atoms with Gasteiger partial charge in [-0.2, -0.15) is 0 Å². The monoisotopic (exact) mass is 261 g/mol. The van der Waals surface area contributed by atoms with E-state index in [1.54, 1.807) is 12.0 Å². The Labute approximate surface area is 113 Å². The first-order chi connectivity index (χ1) is 9.19. The molecule has 2 amide bonds. The summed E-state index contributed by atoms with van der Waals surface area (Å²) in [6.45, 7) is 3.14. The van der Waals surface area contributed by atoms with Crippen molar-refractivity contribution >= 4 is 11.9 Å². The van der Waals surface area contributed by atoms with Crippen LogP contribution in [0.3, 0.4) is 0 Å². The zero-order chi connectivity index (χ0) is 13.8. The van der Waals surface area contributed by atoms with Gasteiger partial charge >= 0.3 is 6.03 Å². The molecule has 1 aliphatic rings. The van der Waals surface area contributed by atoms with Crippen molar-refractivity contribution in [3.63, 3.8) is 0 Å². The number of hydrogen-bond donors (Lipinski definition) is 2. The summed E-state index contributed by atoms with van der Waals surface area (Å²) in [6, 6.07) is 7.28. The first kappa shape index (κ1) is 13.5. The molecule has 5 nitrogen and oxygen atoms in total. The van der Waals surface area contributed by atoms with E-state index >= 15 is 0 Å². The van der Waals surface area contributed by atoms with Gasteiger partial charge in [-0.1, -0.05) is 31.2 Å². The van der Waals surface area contributed by atoms with E-state index in [2.05, 4.69) is 5.32 Å². The molecule has 1 saturated heterocycles. The minimum Gasteiger partial charge on any atom is -0.380 e. The van der Waals surface area contributed by atoms with Crippen molar-refractivity contribution in [1.29, 1.82) is 5.41 Å². The molecule has 1 atom stereocenters. The molecule has 2 rings (SSSR count). The molecule has 5 heteroatoms. The van der Waals surface area contributed by atoms with Gasteiger partial charge in [-0.3, -0.25) is 10.7 Å². The van der Waals surface area contributed by atoms with E-state index in [4.69, 9.17) is 10.1 Å². The molecule has 102 valence electrons. The van der Waals surface area contributed by atoms with Crippen LogP contribution in [0, 0.1) is 5.41 Å². The van der Waals surface area contributed by atoms with Crippen LogP contribution in [-0.2, 0) is 11.3 Å². The Morgan fingerprint density at radius 2 is 2.16 bits per heavy atom. The van der Waals surface area contributed by atoms with E-state index in [1.165, 1.54) is 0 Å². The highest BCUT2D eigenvalue weighted by atomic mass is 16.5. The summed E-state index contributed by atoms with van der Waals surface area (Å²) >= 11 is 0. The largest absolute Gasteiger partial charge is 0.380 e. The fraction of sp³-hybridized carbons (Fsp3) is 0.429. The second kappa shape index (κ2) is 5.84. The van der Waals surface area contributed by atoms with E-state index in [1.807, 2.05) is 31.2 Å². The fourth-order valence-corrected chi connectivity index (χ4v) is 2.41. The number of nitrogens with one attached hydrogen (secondary N) is 2. The summed E-state index contributed by atoms with van der Waals surface area (Å²) in [5.74, 6) is 0.238. The van der Waals surface area contributed by atoms with Crippen molar-refractivity contribution in [3.8, 4) is 0 Å². The number of urea groups is 1. The van der Waals surface area contributed by atoms with Crippen molar-refractivity contribution in [2.75, 3.05) is 13.7 Å². The Kier molecular flexibility index (Phi) is 4.16. The first-order valence-corrected chi connectivity index (χ1v) is 6.41. The van der Waals surface area contributed by atoms with Crippen molar-refractivity contribution in [3.05, 3.63) is 35.4 Å². The SMILES string of the molecule is CCCN1C(=O)NC(=N)C1c1ccccc1COC. The lowest BCUT2D eigenvalue weighted by atomic mass is 9.99. The molecule has 0 spiro atoms. The van der Waals surface area contributed by atoms with Gasteiger partial charge in [0.1, 0.15) is 11.9 Å². The number of amidine groups is 1. The normalized spacial score (nSPS) is 18.8. The molecule has 0 saturated carbocycles. The maximum Gasteiger partial charge on any atom is 0.323 e. The maximum atomic E-state index is 11.9. The molecular weight excluding hydrogens is 242 g/mol. The number of carbonyl (C=O) groups excluding carboxylic acids is 1. The molecule has 19 heavy (non-hydrogen) atoms. The molecule has 1 unspecified atom stereocenters. The Morgan fingerprint density at radius 3 is 2.84 bits per heavy atom. The van der Waals surface area contributed by atoms with Gasteiger partial charge in [-0.05, 0) is 17.5 Å². The average Bonchev–Trinajstić information content (AvgIpc) is 2.66. The number of carbonyl (C=O) groups is 1. The topological polar surface area (TPSA) is 65.4 Å². The third kappa shape index (κ3) is 2.61. The van der Waals surface area contributed by atoms with Crippen molar-refractivity contribution in [2.24, 2.45) is 0 Å². The summed E-state index contributed by atoms with van der Waals surface area (Å²) in [5, 5.41) is 10.6. The van der Waals surface area contributed by atoms with Crippen molar-refractivity contribution in [2.45, 2.75) is 26.0 Å². The van der Waals surface area contributed by atoms with Gasteiger partial charge in [0.2, 0.25) is 0 Å². The molecule has 1 fully saturated rings. The zero-order valence-corrected chi connectivity index (χ0v) is 11.3. The van der Waals surface area contributed by atoms with Gasteiger partial charge in [0.05, 0.1) is 6.61 Å². The van der Waals surface area contributed by atoms with Gasteiger partial charge in [-0.25, -0.2) is 4.79 Å². The second-order valence-corrected chi connectivity index (χ2v) is 4.57. The van der Waals surface area contributed by atoms with Crippen molar-refractivity contribution in [1.82, 2.24) is 10.2 Å². The Hall–Kier alpha value is -1.88. The fourth-order valence-electron chi connectivity index (χ4n) is 2.41. The molecule has 1 aliphatic heterocycles. The molecule has 0 aliphatic carbocycles. The van der Waals surface area contributed by atoms with Gasteiger partial charge < -0.3 is 9.64 Å². The van der Waals surface area contributed by atoms with Crippen LogP contribution < -0.4 is 5.32 Å². The number of nitrogens with zero attached hydrogens (tertiary/aromatic N) is 1. The van der Waals surface area contributed by atoms with Crippen LogP contribution >= 0.6 is 0 Å². The number of hydrogen-bond acceptors (Lipinski definition) is 3. The van der Waals surface area contributed by atoms with Crippen LogP contribution in [0.5, 0.6) is 0 Å². The summed E-state index contributed by atoms with van der Waals surface area (Å²) in [6.07, 6.45) is 0.865. The van der Waals surface area contributed by atoms with E-state index in [-0.39, 0.29) is 17.9 Å². The molecular formula is C14H19N3O2. The predicted molar refractivity (Wildman–Crippen MR) is 73.2 cm³/mol. The van der Waals surface area contributed by atoms with Crippen LogP contribution in [0.1, 0.15) is 30.5 Å². The molecule has 1 aromatic rings. The molecule has 1 heterocycles. The van der Waals surface area contributed by atoms with Gasteiger partial charge in [-0.15, -0.1) is 0 Å². The van der Waals surface area contributed by atoms with Crippen LogP contribution in [-0.4, -0.2) is 30.4 Å². The lowest BCUT2D eigenvalue weighted by Gasteiger charge is -2.24. The summed E-state index contributed by atoms with van der Waals surface area (Å²) in [7, 11) is 1.64. The summed E-state index contributed by atoms with van der Waals surface area (Å²) < 4.78 is 5.19. The quantitative estimate of drug-likeness (QED) is 0.854. The van der Waals surface area contributed by atoms with Gasteiger partial charge in [0.25, 0.3) is 0 Å². The Bertz CT molecular complexity index is 487. The summed E-state index contributed by atoms with van der Waals surface area (Å²) in [5.41, 5.74) is 1.97. The molecule has 0 bridgehead atoms. The lowest BCUT2D eigenvalue weighted by Crippen LogP contribution is -2.31. The van der Waals surface area contributed by atoms with Gasteiger partial charge in [0.15, 0.2) is 0 Å². The van der Waals surface area contributed by atoms with E-state index < -0.39 is 0 Å². The highest BCUT2D eigenvalue weighted by Crippen LogP contribution is 2.29. The standard InChI is InChI=1S/C14H19N3O2/c1-3-8-17-12(13(15)16-14(17)18)11-7-5-4-6-10(11)9-19-2/h4-7,12H,3,8-9H2,1-2H3,(H2,15,16,18). The first-order valence-electron chi connectivity index (χ1n) is 6.41. The minimum atomic E-state index is -0.321. The number of ether oxygens (including phenoxy) is 1. The molecule has 0 aromatic heterocycles. The highest BCUT2D eigenvalue weighted by Gasteiger charge is 2.36. The number of rotatable bonds is 5. The number of methoxy groups -OCH3 is 1. The van der Waals surface area contributed by atoms with Crippen LogP contribution in [0.15, 0.2) is 24.3 Å². The van der Waals surface area contributed by atoms with Crippen LogP contribution in [0.4, 0.5) is 4.79 Å². The summed E-state index contributed by atoms with van der Waals surface area (Å²) in [4.78, 5) is 13.6. The third-order valence-corrected chi connectivity index (χ3v) is 3.20. The second-order valence-electron chi connectivity index (χ2n) is 4.57. The smallest absolute Gasteiger partial charge is 0.323 e.